The molecule has 3 aromatic rings. The van der Waals surface area contributed by atoms with Crippen LogP contribution in [0.3, 0.4) is 0 Å². The summed E-state index contributed by atoms with van der Waals surface area (Å²) in [6, 6.07) is 10.7. The van der Waals surface area contributed by atoms with Crippen molar-refractivity contribution < 1.29 is 0 Å². The Balaban J connectivity index is 0.00000195. The van der Waals surface area contributed by atoms with Gasteiger partial charge < -0.3 is 26.3 Å². The van der Waals surface area contributed by atoms with Crippen molar-refractivity contribution in [1.29, 1.82) is 0 Å². The molecule has 0 saturated heterocycles. The van der Waals surface area contributed by atoms with E-state index in [9.17, 15) is 0 Å². The molecule has 6 heteroatoms. The van der Waals surface area contributed by atoms with Gasteiger partial charge in [-0.2, -0.15) is 0 Å². The van der Waals surface area contributed by atoms with Crippen LogP contribution in [0.25, 0.3) is 10.9 Å². The lowest BCUT2D eigenvalue weighted by Crippen LogP contribution is -2.20. The predicted octanol–water partition coefficient (Wildman–Crippen LogP) is 6.22. The fourth-order valence-electron chi connectivity index (χ4n) is 4.92. The minimum atomic E-state index is -0.533. The number of nitrogens with two attached hydrogens (primary N) is 1. The minimum Gasteiger partial charge on any atom is -0.397 e. The highest BCUT2D eigenvalue weighted by atomic mass is 15.1. The molecule has 0 spiro atoms. The van der Waals surface area contributed by atoms with Crippen LogP contribution in [0.5, 0.6) is 0 Å². The highest BCUT2D eigenvalue weighted by molar-refractivity contribution is 6.19. The van der Waals surface area contributed by atoms with E-state index in [0.717, 1.165) is 72.7 Å². The molecule has 5 N–H and O–H groups in total. The van der Waals surface area contributed by atoms with E-state index in [0.29, 0.717) is 5.69 Å². The van der Waals surface area contributed by atoms with Crippen LogP contribution in [0.4, 0.5) is 17.1 Å². The standard InChI is InChI=1S/C30H38N6.C2H6/c1-6-20(4)29(24-19-36-16-10-12-22-11-9-13-23(24)30(22)36)35-28(8-3)34-26-18-25(31)27(17-21(26)7-2)33-15-14-32-5;1-2/h3,6,9,11,13,17-19,28,32-34H,7,10,12,14-16,31H2,1-2,4-5H3;1-2H3/b20-6-,35-29+;. The molecule has 0 radical (unpaired) electrons. The summed E-state index contributed by atoms with van der Waals surface area (Å²) in [4.78, 5) is 5.09. The summed E-state index contributed by atoms with van der Waals surface area (Å²) in [5, 5.41) is 11.3. The van der Waals surface area contributed by atoms with Gasteiger partial charge in [0, 0.05) is 42.5 Å². The second kappa shape index (κ2) is 13.7. The Morgan fingerprint density at radius 1 is 1.24 bits per heavy atom. The van der Waals surface area contributed by atoms with Gasteiger partial charge in [0.2, 0.25) is 0 Å². The van der Waals surface area contributed by atoms with Gasteiger partial charge in [0.25, 0.3) is 0 Å². The second-order valence-electron chi connectivity index (χ2n) is 9.30. The highest BCUT2D eigenvalue weighted by Crippen LogP contribution is 2.32. The van der Waals surface area contributed by atoms with E-state index in [2.05, 4.69) is 76.8 Å². The summed E-state index contributed by atoms with van der Waals surface area (Å²) in [7, 11) is 1.93. The summed E-state index contributed by atoms with van der Waals surface area (Å²) in [5.74, 6) is 2.85. The van der Waals surface area contributed by atoms with Gasteiger partial charge in [-0.05, 0) is 69.0 Å². The van der Waals surface area contributed by atoms with Crippen LogP contribution in [-0.4, -0.2) is 36.6 Å². The number of para-hydroxylation sites is 1. The Morgan fingerprint density at radius 2 is 2.03 bits per heavy atom. The number of allylic oxidation sites excluding steroid dienone is 2. The molecule has 38 heavy (non-hydrogen) atoms. The lowest BCUT2D eigenvalue weighted by molar-refractivity contribution is 0.636. The number of anilines is 3. The second-order valence-corrected chi connectivity index (χ2v) is 9.30. The molecule has 6 nitrogen and oxygen atoms in total. The Bertz CT molecular complexity index is 1340. The maximum atomic E-state index is 6.38. The average molecular weight is 513 g/mol. The van der Waals surface area contributed by atoms with Crippen LogP contribution in [0.2, 0.25) is 0 Å². The van der Waals surface area contributed by atoms with Crippen LogP contribution in [0.15, 0.2) is 53.2 Å². The average Bonchev–Trinajstić information content (AvgIpc) is 3.33. The number of aliphatic imine (C=N–C) groups is 1. The monoisotopic (exact) mass is 512 g/mol. The molecule has 1 atom stereocenters. The van der Waals surface area contributed by atoms with Crippen LogP contribution < -0.4 is 21.7 Å². The first-order chi connectivity index (χ1) is 18.5. The van der Waals surface area contributed by atoms with E-state index in [-0.39, 0.29) is 0 Å². The maximum absolute atomic E-state index is 6.38. The van der Waals surface area contributed by atoms with Crippen molar-refractivity contribution in [3.05, 3.63) is 64.9 Å². The highest BCUT2D eigenvalue weighted by Gasteiger charge is 2.20. The first-order valence-electron chi connectivity index (χ1n) is 13.9. The molecule has 1 aliphatic rings. The zero-order valence-corrected chi connectivity index (χ0v) is 23.9. The van der Waals surface area contributed by atoms with Gasteiger partial charge in [-0.3, -0.25) is 0 Å². The summed E-state index contributed by atoms with van der Waals surface area (Å²) in [6.45, 7) is 13.0. The molecule has 1 unspecified atom stereocenters. The van der Waals surface area contributed by atoms with Crippen molar-refractivity contribution in [2.75, 3.05) is 36.5 Å². The third-order valence-electron chi connectivity index (χ3n) is 6.94. The van der Waals surface area contributed by atoms with E-state index < -0.39 is 6.17 Å². The van der Waals surface area contributed by atoms with Crippen molar-refractivity contribution >= 4 is 33.7 Å². The summed E-state index contributed by atoms with van der Waals surface area (Å²) >= 11 is 0. The summed E-state index contributed by atoms with van der Waals surface area (Å²) < 4.78 is 2.37. The molecule has 0 fully saturated rings. The van der Waals surface area contributed by atoms with Crippen LogP contribution >= 0.6 is 0 Å². The number of hydrogen-bond donors (Lipinski definition) is 4. The fraction of sp³-hybridized carbons (Fsp3) is 0.406. The van der Waals surface area contributed by atoms with Crippen molar-refractivity contribution in [3.63, 3.8) is 0 Å². The third-order valence-corrected chi connectivity index (χ3v) is 6.94. The number of likely N-dealkylation sites (N-methyl/N-ethyl adjacent to an activating group) is 1. The topological polar surface area (TPSA) is 79.4 Å². The van der Waals surface area contributed by atoms with Crippen molar-refractivity contribution in [3.8, 4) is 12.3 Å². The Hall–Kier alpha value is -3.69. The quantitative estimate of drug-likeness (QED) is 0.113. The largest absolute Gasteiger partial charge is 0.397 e. The number of nitrogens with one attached hydrogen (secondary N) is 3. The predicted molar refractivity (Wildman–Crippen MR) is 166 cm³/mol. The smallest absolute Gasteiger partial charge is 0.182 e. The Labute approximate surface area is 228 Å². The molecule has 1 aliphatic heterocycles. The van der Waals surface area contributed by atoms with Gasteiger partial charge in [-0.15, -0.1) is 6.42 Å². The van der Waals surface area contributed by atoms with E-state index in [1.807, 2.05) is 33.9 Å². The van der Waals surface area contributed by atoms with Gasteiger partial charge >= 0.3 is 0 Å². The first-order valence-corrected chi connectivity index (χ1v) is 13.9. The zero-order valence-electron chi connectivity index (χ0n) is 23.9. The lowest BCUT2D eigenvalue weighted by Gasteiger charge is -2.19. The van der Waals surface area contributed by atoms with Crippen molar-refractivity contribution in [2.24, 2.45) is 4.99 Å². The summed E-state index contributed by atoms with van der Waals surface area (Å²) in [5.41, 5.74) is 15.9. The Morgan fingerprint density at radius 3 is 2.71 bits per heavy atom. The van der Waals surface area contributed by atoms with E-state index in [4.69, 9.17) is 17.1 Å². The van der Waals surface area contributed by atoms with Gasteiger partial charge in [0.05, 0.1) is 22.6 Å². The molecule has 1 aromatic heterocycles. The number of nitrogens with zero attached hydrogens (tertiary/aromatic N) is 2. The number of terminal acetylenes is 1. The van der Waals surface area contributed by atoms with E-state index >= 15 is 0 Å². The van der Waals surface area contributed by atoms with Crippen LogP contribution in [0.1, 0.15) is 57.7 Å². The normalized spacial score (nSPS) is 13.9. The SMILES string of the molecule is C#CC(/N=C(\C(C)=C/C)c1cn2c3c(cccc13)CCC2)Nc1cc(N)c(NCCNC)cc1CC.CC. The molecule has 0 bridgehead atoms. The molecular formula is C32H44N6. The molecule has 0 amide bonds. The molecule has 0 aliphatic carbocycles. The Kier molecular flexibility index (Phi) is 10.4. The number of rotatable bonds is 10. The lowest BCUT2D eigenvalue weighted by atomic mass is 9.99. The molecule has 0 saturated carbocycles. The third kappa shape index (κ3) is 6.23. The van der Waals surface area contributed by atoms with Crippen molar-refractivity contribution in [1.82, 2.24) is 9.88 Å². The van der Waals surface area contributed by atoms with E-state index in [1.165, 1.54) is 16.5 Å². The zero-order chi connectivity index (χ0) is 27.7. The molecule has 4 rings (SSSR count). The van der Waals surface area contributed by atoms with Crippen LogP contribution in [0, 0.1) is 12.3 Å². The van der Waals surface area contributed by atoms with E-state index in [1.54, 1.807) is 0 Å². The number of hydrogen-bond acceptors (Lipinski definition) is 5. The molecule has 2 aromatic carbocycles. The fourth-order valence-corrected chi connectivity index (χ4v) is 4.92. The number of nitrogen functional groups attached to an aromatic ring is 1. The first kappa shape index (κ1) is 28.9. The maximum Gasteiger partial charge on any atom is 0.182 e. The molecule has 2 heterocycles. The number of aryl methyl sites for hydroxylation is 3. The molecular weight excluding hydrogens is 468 g/mol. The minimum absolute atomic E-state index is 0.533. The number of benzene rings is 2. The van der Waals surface area contributed by atoms with Gasteiger partial charge in [0.1, 0.15) is 0 Å². The number of aromatic nitrogens is 1. The van der Waals surface area contributed by atoms with Gasteiger partial charge in [-0.1, -0.05) is 51.0 Å². The summed E-state index contributed by atoms with van der Waals surface area (Å²) in [6.07, 6.45) is 12.9. The van der Waals surface area contributed by atoms with Crippen molar-refractivity contribution in [2.45, 2.75) is 66.6 Å². The molecule has 202 valence electrons. The van der Waals surface area contributed by atoms with Crippen LogP contribution in [-0.2, 0) is 19.4 Å². The van der Waals surface area contributed by atoms with Gasteiger partial charge in [0.15, 0.2) is 6.17 Å². The van der Waals surface area contributed by atoms with Gasteiger partial charge in [-0.25, -0.2) is 4.99 Å².